The molecule has 0 aromatic rings. The summed E-state index contributed by atoms with van der Waals surface area (Å²) in [6.07, 6.45) is 1.34. The third-order valence-electron chi connectivity index (χ3n) is 3.34. The summed E-state index contributed by atoms with van der Waals surface area (Å²) in [5.74, 6) is 0.842. The molecule has 2 nitrogen and oxygen atoms in total. The Labute approximate surface area is 82.5 Å². The first-order chi connectivity index (χ1) is 5.95. The van der Waals surface area contributed by atoms with Crippen LogP contribution in [0.4, 0.5) is 0 Å². The lowest BCUT2D eigenvalue weighted by Crippen LogP contribution is -2.33. The highest BCUT2D eigenvalue weighted by molar-refractivity contribution is 4.88. The van der Waals surface area contributed by atoms with E-state index in [2.05, 4.69) is 32.6 Å². The summed E-state index contributed by atoms with van der Waals surface area (Å²) in [5, 5.41) is 0. The quantitative estimate of drug-likeness (QED) is 0.708. The fourth-order valence-corrected chi connectivity index (χ4v) is 2.20. The van der Waals surface area contributed by atoms with Gasteiger partial charge in [-0.25, -0.2) is 0 Å². The highest BCUT2D eigenvalue weighted by Gasteiger charge is 2.35. The fourth-order valence-electron chi connectivity index (χ4n) is 2.20. The molecule has 2 atom stereocenters. The summed E-state index contributed by atoms with van der Waals surface area (Å²) in [6.45, 7) is 12.4. The number of hydrogen-bond donors (Lipinski definition) is 1. The molecule has 1 fully saturated rings. The Morgan fingerprint density at radius 3 is 2.38 bits per heavy atom. The van der Waals surface area contributed by atoms with Gasteiger partial charge in [-0.15, -0.1) is 0 Å². The zero-order chi connectivity index (χ0) is 10.1. The second-order valence-corrected chi connectivity index (χ2v) is 5.43. The zero-order valence-electron chi connectivity index (χ0n) is 9.51. The summed E-state index contributed by atoms with van der Waals surface area (Å²) in [7, 11) is 0. The van der Waals surface area contributed by atoms with Crippen LogP contribution in [0.2, 0.25) is 0 Å². The van der Waals surface area contributed by atoms with Crippen molar-refractivity contribution < 1.29 is 0 Å². The number of nitrogens with zero attached hydrogens (tertiary/aromatic N) is 1. The van der Waals surface area contributed by atoms with E-state index in [1.807, 2.05) is 0 Å². The molecule has 1 heterocycles. The molecule has 13 heavy (non-hydrogen) atoms. The number of nitrogens with two attached hydrogens (primary N) is 1. The Morgan fingerprint density at radius 2 is 2.00 bits per heavy atom. The molecular weight excluding hydrogens is 160 g/mol. The first kappa shape index (κ1) is 11.0. The van der Waals surface area contributed by atoms with Crippen molar-refractivity contribution >= 4 is 0 Å². The smallest absolute Gasteiger partial charge is 0.0108 e. The fraction of sp³-hybridized carbons (Fsp3) is 1.00. The molecule has 0 aliphatic carbocycles. The SMILES string of the molecule is CC1CC(C(C)(C)C)CN1CCN. The van der Waals surface area contributed by atoms with Crippen molar-refractivity contribution in [3.05, 3.63) is 0 Å². The first-order valence-electron chi connectivity index (χ1n) is 5.39. The maximum absolute atomic E-state index is 5.58. The van der Waals surface area contributed by atoms with Crippen LogP contribution in [-0.4, -0.2) is 30.6 Å². The van der Waals surface area contributed by atoms with Gasteiger partial charge in [-0.05, 0) is 24.7 Å². The molecule has 2 unspecified atom stereocenters. The van der Waals surface area contributed by atoms with Gasteiger partial charge in [0.1, 0.15) is 0 Å². The average Bonchev–Trinajstić information content (AvgIpc) is 2.32. The Bertz CT molecular complexity index is 160. The molecule has 0 spiro atoms. The zero-order valence-corrected chi connectivity index (χ0v) is 9.51. The molecule has 1 rings (SSSR count). The highest BCUT2D eigenvalue weighted by Crippen LogP contribution is 2.36. The van der Waals surface area contributed by atoms with Crippen LogP contribution >= 0.6 is 0 Å². The second kappa shape index (κ2) is 3.97. The van der Waals surface area contributed by atoms with Crippen molar-refractivity contribution in [1.29, 1.82) is 0 Å². The van der Waals surface area contributed by atoms with Gasteiger partial charge in [-0.3, -0.25) is 4.90 Å². The molecule has 2 heteroatoms. The van der Waals surface area contributed by atoms with Gasteiger partial charge in [-0.2, -0.15) is 0 Å². The highest BCUT2D eigenvalue weighted by atomic mass is 15.2. The Hall–Kier alpha value is -0.0800. The third-order valence-corrected chi connectivity index (χ3v) is 3.34. The van der Waals surface area contributed by atoms with Gasteiger partial charge in [0.05, 0.1) is 0 Å². The van der Waals surface area contributed by atoms with Crippen LogP contribution in [0.3, 0.4) is 0 Å². The van der Waals surface area contributed by atoms with Crippen LogP contribution in [0.5, 0.6) is 0 Å². The molecule has 0 saturated carbocycles. The Kier molecular flexibility index (Phi) is 3.36. The molecule has 0 bridgehead atoms. The summed E-state index contributed by atoms with van der Waals surface area (Å²) in [4.78, 5) is 2.52. The normalized spacial score (nSPS) is 31.2. The minimum absolute atomic E-state index is 0.456. The maximum Gasteiger partial charge on any atom is 0.0108 e. The van der Waals surface area contributed by atoms with Crippen molar-refractivity contribution in [1.82, 2.24) is 4.90 Å². The number of rotatable bonds is 2. The molecule has 2 N–H and O–H groups in total. The first-order valence-corrected chi connectivity index (χ1v) is 5.39. The molecule has 1 aliphatic rings. The monoisotopic (exact) mass is 184 g/mol. The molecule has 0 aromatic heterocycles. The molecule has 0 aromatic carbocycles. The van der Waals surface area contributed by atoms with Gasteiger partial charge in [0, 0.05) is 25.7 Å². The Balaban J connectivity index is 2.50. The predicted molar refractivity (Wildman–Crippen MR) is 57.7 cm³/mol. The van der Waals surface area contributed by atoms with Crippen LogP contribution < -0.4 is 5.73 Å². The van der Waals surface area contributed by atoms with Crippen LogP contribution in [0.15, 0.2) is 0 Å². The van der Waals surface area contributed by atoms with Crippen LogP contribution in [0, 0.1) is 11.3 Å². The van der Waals surface area contributed by atoms with E-state index in [0.29, 0.717) is 5.41 Å². The number of hydrogen-bond acceptors (Lipinski definition) is 2. The van der Waals surface area contributed by atoms with Crippen molar-refractivity contribution in [2.75, 3.05) is 19.6 Å². The lowest BCUT2D eigenvalue weighted by Gasteiger charge is -2.26. The van der Waals surface area contributed by atoms with Gasteiger partial charge in [-0.1, -0.05) is 20.8 Å². The van der Waals surface area contributed by atoms with E-state index < -0.39 is 0 Å². The molecule has 0 amide bonds. The van der Waals surface area contributed by atoms with Gasteiger partial charge in [0.2, 0.25) is 0 Å². The van der Waals surface area contributed by atoms with E-state index >= 15 is 0 Å². The molecule has 78 valence electrons. The van der Waals surface area contributed by atoms with E-state index in [9.17, 15) is 0 Å². The minimum atomic E-state index is 0.456. The molecule has 1 aliphatic heterocycles. The van der Waals surface area contributed by atoms with E-state index in [1.54, 1.807) is 0 Å². The minimum Gasteiger partial charge on any atom is -0.329 e. The Morgan fingerprint density at radius 1 is 1.38 bits per heavy atom. The van der Waals surface area contributed by atoms with Crippen molar-refractivity contribution in [3.63, 3.8) is 0 Å². The maximum atomic E-state index is 5.58. The van der Waals surface area contributed by atoms with Gasteiger partial charge < -0.3 is 5.73 Å². The predicted octanol–water partition coefficient (Wildman–Crippen LogP) is 1.70. The van der Waals surface area contributed by atoms with Crippen LogP contribution in [0.1, 0.15) is 34.1 Å². The van der Waals surface area contributed by atoms with E-state index in [1.165, 1.54) is 13.0 Å². The average molecular weight is 184 g/mol. The van der Waals surface area contributed by atoms with E-state index in [0.717, 1.165) is 25.0 Å². The van der Waals surface area contributed by atoms with Crippen molar-refractivity contribution in [2.45, 2.75) is 40.2 Å². The topological polar surface area (TPSA) is 29.3 Å². The lowest BCUT2D eigenvalue weighted by molar-refractivity contribution is 0.225. The van der Waals surface area contributed by atoms with Gasteiger partial charge in [0.25, 0.3) is 0 Å². The second-order valence-electron chi connectivity index (χ2n) is 5.43. The van der Waals surface area contributed by atoms with Crippen LogP contribution in [0.25, 0.3) is 0 Å². The standard InChI is InChI=1S/C11H24N2/c1-9-7-10(11(2,3)4)8-13(9)6-5-12/h9-10H,5-8,12H2,1-4H3. The summed E-state index contributed by atoms with van der Waals surface area (Å²) < 4.78 is 0. The van der Waals surface area contributed by atoms with E-state index in [-0.39, 0.29) is 0 Å². The van der Waals surface area contributed by atoms with Gasteiger partial charge >= 0.3 is 0 Å². The van der Waals surface area contributed by atoms with Gasteiger partial charge in [0.15, 0.2) is 0 Å². The molecule has 0 radical (unpaired) electrons. The molecule has 1 saturated heterocycles. The van der Waals surface area contributed by atoms with Crippen molar-refractivity contribution in [2.24, 2.45) is 17.1 Å². The largest absolute Gasteiger partial charge is 0.329 e. The summed E-state index contributed by atoms with van der Waals surface area (Å²) >= 11 is 0. The number of likely N-dealkylation sites (tertiary alicyclic amines) is 1. The summed E-state index contributed by atoms with van der Waals surface area (Å²) in [6, 6.07) is 0.729. The van der Waals surface area contributed by atoms with Crippen molar-refractivity contribution in [3.8, 4) is 0 Å². The molecular formula is C11H24N2. The third kappa shape index (κ3) is 2.68. The lowest BCUT2D eigenvalue weighted by atomic mass is 9.79. The van der Waals surface area contributed by atoms with Crippen LogP contribution in [-0.2, 0) is 0 Å². The van der Waals surface area contributed by atoms with E-state index in [4.69, 9.17) is 5.73 Å². The summed E-state index contributed by atoms with van der Waals surface area (Å²) in [5.41, 5.74) is 6.04.